The van der Waals surface area contributed by atoms with Gasteiger partial charge in [-0.2, -0.15) is 0 Å². The Labute approximate surface area is 113 Å². The zero-order chi connectivity index (χ0) is 12.1. The molecule has 3 nitrogen and oxygen atoms in total. The summed E-state index contributed by atoms with van der Waals surface area (Å²) in [5.74, 6) is 0. The van der Waals surface area contributed by atoms with Crippen molar-refractivity contribution >= 4 is 15.9 Å². The minimum atomic E-state index is 0.420. The molecule has 1 atom stereocenters. The van der Waals surface area contributed by atoms with E-state index >= 15 is 0 Å². The molecule has 2 aliphatic rings. The highest BCUT2D eigenvalue weighted by molar-refractivity contribution is 9.09. The number of ether oxygens (including phenoxy) is 2. The minimum absolute atomic E-state index is 0.420. The zero-order valence-electron chi connectivity index (χ0n) is 10.8. The van der Waals surface area contributed by atoms with Crippen LogP contribution in [-0.4, -0.2) is 55.8 Å². The molecule has 100 valence electrons. The number of morpholine rings is 1. The maximum atomic E-state index is 5.58. The van der Waals surface area contributed by atoms with Crippen molar-refractivity contribution in [3.63, 3.8) is 0 Å². The number of nitrogens with zero attached hydrogens (tertiary/aromatic N) is 1. The molecule has 0 N–H and O–H groups in total. The molecule has 2 fully saturated rings. The van der Waals surface area contributed by atoms with Crippen LogP contribution in [0.25, 0.3) is 0 Å². The molecule has 0 aromatic rings. The van der Waals surface area contributed by atoms with E-state index in [-0.39, 0.29) is 0 Å². The summed E-state index contributed by atoms with van der Waals surface area (Å²) in [6.07, 6.45) is 3.56. The van der Waals surface area contributed by atoms with Crippen LogP contribution in [-0.2, 0) is 9.47 Å². The minimum Gasteiger partial charge on any atom is -0.381 e. The van der Waals surface area contributed by atoms with Gasteiger partial charge in [0.05, 0.1) is 13.2 Å². The molecule has 0 amide bonds. The molecule has 17 heavy (non-hydrogen) atoms. The van der Waals surface area contributed by atoms with Gasteiger partial charge in [0.25, 0.3) is 0 Å². The highest BCUT2D eigenvalue weighted by Gasteiger charge is 2.35. The summed E-state index contributed by atoms with van der Waals surface area (Å²) in [4.78, 5) is 2.64. The molecule has 0 aromatic heterocycles. The molecular formula is C13H24BrNO2. The van der Waals surface area contributed by atoms with Crippen molar-refractivity contribution in [3.05, 3.63) is 0 Å². The summed E-state index contributed by atoms with van der Waals surface area (Å²) in [6.45, 7) is 8.20. The van der Waals surface area contributed by atoms with Crippen molar-refractivity contribution in [2.45, 2.75) is 32.2 Å². The Morgan fingerprint density at radius 3 is 2.65 bits per heavy atom. The lowest BCUT2D eigenvalue weighted by Gasteiger charge is -2.44. The summed E-state index contributed by atoms with van der Waals surface area (Å²) in [5.41, 5.74) is 0.420. The van der Waals surface area contributed by atoms with Crippen molar-refractivity contribution < 1.29 is 9.47 Å². The van der Waals surface area contributed by atoms with Crippen molar-refractivity contribution in [3.8, 4) is 0 Å². The number of rotatable bonds is 4. The lowest BCUT2D eigenvalue weighted by Crippen LogP contribution is -2.51. The van der Waals surface area contributed by atoms with Gasteiger partial charge >= 0.3 is 0 Å². The van der Waals surface area contributed by atoms with Gasteiger partial charge < -0.3 is 9.47 Å². The third-order valence-electron chi connectivity index (χ3n) is 4.20. The summed E-state index contributed by atoms with van der Waals surface area (Å²) in [5, 5.41) is 1.09. The number of halogens is 1. The van der Waals surface area contributed by atoms with Crippen LogP contribution in [0.5, 0.6) is 0 Å². The van der Waals surface area contributed by atoms with E-state index < -0.39 is 0 Å². The van der Waals surface area contributed by atoms with Gasteiger partial charge in [-0.15, -0.1) is 0 Å². The topological polar surface area (TPSA) is 21.7 Å². The Morgan fingerprint density at radius 1 is 1.24 bits per heavy atom. The lowest BCUT2D eigenvalue weighted by atomic mass is 9.81. The molecule has 0 saturated carbocycles. The summed E-state index contributed by atoms with van der Waals surface area (Å²) >= 11 is 3.72. The van der Waals surface area contributed by atoms with Crippen molar-refractivity contribution in [2.24, 2.45) is 5.41 Å². The maximum Gasteiger partial charge on any atom is 0.0622 e. The van der Waals surface area contributed by atoms with Crippen LogP contribution in [0, 0.1) is 5.41 Å². The van der Waals surface area contributed by atoms with E-state index in [1.165, 1.54) is 25.8 Å². The molecular weight excluding hydrogens is 282 g/mol. The number of alkyl halides is 1. The van der Waals surface area contributed by atoms with E-state index in [0.717, 1.165) is 38.3 Å². The van der Waals surface area contributed by atoms with E-state index in [0.29, 0.717) is 11.5 Å². The van der Waals surface area contributed by atoms with Gasteiger partial charge in [0, 0.05) is 37.7 Å². The Balaban J connectivity index is 1.96. The first-order valence-electron chi connectivity index (χ1n) is 6.75. The van der Waals surface area contributed by atoms with Crippen molar-refractivity contribution in [1.29, 1.82) is 0 Å². The summed E-state index contributed by atoms with van der Waals surface area (Å²) in [7, 11) is 0. The standard InChI is InChI=1S/C13H24BrNO2/c1-2-12-9-17-8-5-15(12)11-13(10-14)3-6-16-7-4-13/h12H,2-11H2,1H3. The summed E-state index contributed by atoms with van der Waals surface area (Å²) < 4.78 is 11.1. The van der Waals surface area contributed by atoms with Crippen molar-refractivity contribution in [1.82, 2.24) is 4.90 Å². The van der Waals surface area contributed by atoms with Crippen LogP contribution in [0.1, 0.15) is 26.2 Å². The normalized spacial score (nSPS) is 30.4. The quantitative estimate of drug-likeness (QED) is 0.744. The molecule has 0 aliphatic carbocycles. The molecule has 0 radical (unpaired) electrons. The highest BCUT2D eigenvalue weighted by atomic mass is 79.9. The van der Waals surface area contributed by atoms with Crippen LogP contribution in [0.4, 0.5) is 0 Å². The molecule has 2 rings (SSSR count). The smallest absolute Gasteiger partial charge is 0.0622 e. The largest absolute Gasteiger partial charge is 0.381 e. The molecule has 0 bridgehead atoms. The van der Waals surface area contributed by atoms with Gasteiger partial charge in [-0.05, 0) is 24.7 Å². The Hall–Kier alpha value is 0.360. The van der Waals surface area contributed by atoms with Gasteiger partial charge in [0.15, 0.2) is 0 Å². The molecule has 4 heteroatoms. The second-order valence-electron chi connectivity index (χ2n) is 5.35. The molecule has 2 saturated heterocycles. The average molecular weight is 306 g/mol. The molecule has 1 unspecified atom stereocenters. The molecule has 2 aliphatic heterocycles. The fourth-order valence-corrected chi connectivity index (χ4v) is 3.58. The van der Waals surface area contributed by atoms with Gasteiger partial charge in [0.2, 0.25) is 0 Å². The predicted octanol–water partition coefficient (Wildman–Crippen LogP) is 2.29. The van der Waals surface area contributed by atoms with Gasteiger partial charge in [-0.1, -0.05) is 22.9 Å². The van der Waals surface area contributed by atoms with Gasteiger partial charge in [-0.3, -0.25) is 4.90 Å². The Kier molecular flexibility index (Phi) is 5.27. The lowest BCUT2D eigenvalue weighted by molar-refractivity contribution is -0.0478. The van der Waals surface area contributed by atoms with Crippen LogP contribution in [0.2, 0.25) is 0 Å². The predicted molar refractivity (Wildman–Crippen MR) is 72.8 cm³/mol. The third-order valence-corrected chi connectivity index (χ3v) is 5.39. The molecule has 2 heterocycles. The average Bonchev–Trinajstić information content (AvgIpc) is 2.40. The maximum absolute atomic E-state index is 5.58. The number of hydrogen-bond acceptors (Lipinski definition) is 3. The molecule has 0 aromatic carbocycles. The van der Waals surface area contributed by atoms with Crippen LogP contribution in [0.3, 0.4) is 0 Å². The van der Waals surface area contributed by atoms with Crippen LogP contribution >= 0.6 is 15.9 Å². The Morgan fingerprint density at radius 2 is 2.00 bits per heavy atom. The first-order chi connectivity index (χ1) is 8.29. The Bertz CT molecular complexity index is 231. The van der Waals surface area contributed by atoms with Crippen molar-refractivity contribution in [2.75, 3.05) is 44.8 Å². The van der Waals surface area contributed by atoms with E-state index in [9.17, 15) is 0 Å². The second-order valence-corrected chi connectivity index (χ2v) is 5.91. The second kappa shape index (κ2) is 6.50. The monoisotopic (exact) mass is 305 g/mol. The van der Waals surface area contributed by atoms with Crippen LogP contribution in [0.15, 0.2) is 0 Å². The molecule has 0 spiro atoms. The van der Waals surface area contributed by atoms with E-state index in [4.69, 9.17) is 9.47 Å². The first-order valence-corrected chi connectivity index (χ1v) is 7.87. The van der Waals surface area contributed by atoms with E-state index in [1.54, 1.807) is 0 Å². The third kappa shape index (κ3) is 3.43. The van der Waals surface area contributed by atoms with E-state index in [1.807, 2.05) is 0 Å². The summed E-state index contributed by atoms with van der Waals surface area (Å²) in [6, 6.07) is 0.613. The highest BCUT2D eigenvalue weighted by Crippen LogP contribution is 2.34. The van der Waals surface area contributed by atoms with Gasteiger partial charge in [0.1, 0.15) is 0 Å². The number of hydrogen-bond donors (Lipinski definition) is 0. The van der Waals surface area contributed by atoms with E-state index in [2.05, 4.69) is 27.8 Å². The fourth-order valence-electron chi connectivity index (χ4n) is 2.84. The first kappa shape index (κ1) is 13.8. The van der Waals surface area contributed by atoms with Gasteiger partial charge in [-0.25, -0.2) is 0 Å². The fraction of sp³-hybridized carbons (Fsp3) is 1.00. The SMILES string of the molecule is CCC1COCCN1CC1(CBr)CCOCC1. The van der Waals surface area contributed by atoms with Crippen LogP contribution < -0.4 is 0 Å². The zero-order valence-corrected chi connectivity index (χ0v) is 12.4.